The number of hydrogen-bond acceptors (Lipinski definition) is 2. The maximum atomic E-state index is 8.97. The van der Waals surface area contributed by atoms with Gasteiger partial charge in [-0.1, -0.05) is 29.8 Å². The molecule has 0 unspecified atom stereocenters. The van der Waals surface area contributed by atoms with Gasteiger partial charge in [-0.15, -0.1) is 0 Å². The molecule has 0 aliphatic heterocycles. The predicted molar refractivity (Wildman–Crippen MR) is 66.3 cm³/mol. The Balaban J connectivity index is 1.76. The fraction of sp³-hybridized carbons (Fsp3) is 0.571. The molecular weight excluding hydrogens is 198 g/mol. The molecule has 1 aliphatic carbocycles. The first-order valence-corrected chi connectivity index (χ1v) is 6.11. The predicted octanol–water partition coefficient (Wildman–Crippen LogP) is 2.25. The van der Waals surface area contributed by atoms with Gasteiger partial charge in [0.15, 0.2) is 0 Å². The number of hydrogen-bond donors (Lipinski definition) is 2. The molecule has 0 bridgehead atoms. The van der Waals surface area contributed by atoms with Gasteiger partial charge in [-0.05, 0) is 37.2 Å². The van der Waals surface area contributed by atoms with Gasteiger partial charge < -0.3 is 10.4 Å². The van der Waals surface area contributed by atoms with Crippen LogP contribution in [0.2, 0.25) is 0 Å². The summed E-state index contributed by atoms with van der Waals surface area (Å²) in [6, 6.07) is 8.61. The fourth-order valence-electron chi connectivity index (χ4n) is 2.22. The summed E-state index contributed by atoms with van der Waals surface area (Å²) in [6.45, 7) is 4.43. The molecule has 1 aliphatic rings. The molecule has 0 atom stereocenters. The molecule has 0 spiro atoms. The third-order valence-electron chi connectivity index (χ3n) is 3.51. The molecule has 88 valence electrons. The molecule has 1 aromatic carbocycles. The van der Waals surface area contributed by atoms with E-state index in [4.69, 9.17) is 5.11 Å². The van der Waals surface area contributed by atoms with E-state index in [2.05, 4.69) is 36.5 Å². The van der Waals surface area contributed by atoms with Gasteiger partial charge in [0.2, 0.25) is 0 Å². The van der Waals surface area contributed by atoms with E-state index in [1.54, 1.807) is 0 Å². The minimum absolute atomic E-state index is 0.326. The minimum atomic E-state index is 0.326. The lowest BCUT2D eigenvalue weighted by atomic mass is 10.0. The van der Waals surface area contributed by atoms with E-state index >= 15 is 0 Å². The minimum Gasteiger partial charge on any atom is -0.396 e. The Hall–Kier alpha value is -0.860. The smallest absolute Gasteiger partial charge is 0.0436 e. The van der Waals surface area contributed by atoms with Crippen molar-refractivity contribution in [3.05, 3.63) is 35.4 Å². The van der Waals surface area contributed by atoms with Gasteiger partial charge in [0, 0.05) is 19.7 Å². The number of benzene rings is 1. The van der Waals surface area contributed by atoms with Crippen LogP contribution in [0.4, 0.5) is 0 Å². The van der Waals surface area contributed by atoms with Crippen LogP contribution in [-0.2, 0) is 6.54 Å². The van der Waals surface area contributed by atoms with Crippen LogP contribution < -0.4 is 5.32 Å². The van der Waals surface area contributed by atoms with Crippen molar-refractivity contribution in [2.24, 2.45) is 5.41 Å². The summed E-state index contributed by atoms with van der Waals surface area (Å²) in [5.41, 5.74) is 3.08. The third kappa shape index (κ3) is 3.06. The third-order valence-corrected chi connectivity index (χ3v) is 3.51. The lowest BCUT2D eigenvalue weighted by molar-refractivity contribution is 0.245. The van der Waals surface area contributed by atoms with Crippen molar-refractivity contribution >= 4 is 0 Å². The molecule has 1 saturated carbocycles. The Morgan fingerprint density at radius 2 is 2.19 bits per heavy atom. The lowest BCUT2D eigenvalue weighted by Crippen LogP contribution is -2.24. The molecule has 0 radical (unpaired) electrons. The van der Waals surface area contributed by atoms with Crippen molar-refractivity contribution in [2.75, 3.05) is 13.2 Å². The summed E-state index contributed by atoms with van der Waals surface area (Å²) in [4.78, 5) is 0. The molecule has 0 saturated heterocycles. The second kappa shape index (κ2) is 4.98. The summed E-state index contributed by atoms with van der Waals surface area (Å²) in [5.74, 6) is 0. The highest BCUT2D eigenvalue weighted by Crippen LogP contribution is 2.47. The molecular formula is C14H21NO. The van der Waals surface area contributed by atoms with Gasteiger partial charge in [0.25, 0.3) is 0 Å². The number of aliphatic hydroxyl groups excluding tert-OH is 1. The van der Waals surface area contributed by atoms with E-state index in [9.17, 15) is 0 Å². The highest BCUT2D eigenvalue weighted by Gasteiger charge is 2.41. The molecule has 16 heavy (non-hydrogen) atoms. The molecule has 0 aromatic heterocycles. The summed E-state index contributed by atoms with van der Waals surface area (Å²) < 4.78 is 0. The Kier molecular flexibility index (Phi) is 3.62. The zero-order valence-electron chi connectivity index (χ0n) is 10.00. The highest BCUT2D eigenvalue weighted by atomic mass is 16.3. The van der Waals surface area contributed by atoms with Crippen molar-refractivity contribution < 1.29 is 5.11 Å². The summed E-state index contributed by atoms with van der Waals surface area (Å²) in [6.07, 6.45) is 3.50. The Morgan fingerprint density at radius 3 is 2.81 bits per heavy atom. The standard InChI is InChI=1S/C14H21NO/c1-12-3-2-4-13(9-12)10-15-11-14(5-6-14)7-8-16/h2-4,9,15-16H,5-8,10-11H2,1H3. The first kappa shape index (κ1) is 11.6. The van der Waals surface area contributed by atoms with E-state index in [0.29, 0.717) is 12.0 Å². The van der Waals surface area contributed by atoms with Crippen molar-refractivity contribution in [3.8, 4) is 0 Å². The number of aryl methyl sites for hydroxylation is 1. The van der Waals surface area contributed by atoms with E-state index < -0.39 is 0 Å². The maximum Gasteiger partial charge on any atom is 0.0436 e. The van der Waals surface area contributed by atoms with Crippen molar-refractivity contribution in [1.82, 2.24) is 5.32 Å². The molecule has 0 amide bonds. The van der Waals surface area contributed by atoms with Crippen LogP contribution in [0.25, 0.3) is 0 Å². The Labute approximate surface area is 97.7 Å². The van der Waals surface area contributed by atoms with Gasteiger partial charge >= 0.3 is 0 Å². The van der Waals surface area contributed by atoms with Gasteiger partial charge in [-0.2, -0.15) is 0 Å². The largest absolute Gasteiger partial charge is 0.396 e. The van der Waals surface area contributed by atoms with Crippen LogP contribution >= 0.6 is 0 Å². The second-order valence-electron chi connectivity index (χ2n) is 5.07. The van der Waals surface area contributed by atoms with Crippen LogP contribution in [0.5, 0.6) is 0 Å². The average Bonchev–Trinajstić information content (AvgIpc) is 2.99. The number of rotatable bonds is 6. The first-order chi connectivity index (χ1) is 7.74. The maximum absolute atomic E-state index is 8.97. The zero-order chi connectivity index (χ0) is 11.4. The van der Waals surface area contributed by atoms with Gasteiger partial charge in [0.1, 0.15) is 0 Å². The van der Waals surface area contributed by atoms with Gasteiger partial charge in [-0.25, -0.2) is 0 Å². The fourth-order valence-corrected chi connectivity index (χ4v) is 2.22. The van der Waals surface area contributed by atoms with E-state index in [1.807, 2.05) is 0 Å². The Morgan fingerprint density at radius 1 is 1.38 bits per heavy atom. The van der Waals surface area contributed by atoms with Crippen molar-refractivity contribution in [1.29, 1.82) is 0 Å². The van der Waals surface area contributed by atoms with Gasteiger partial charge in [-0.3, -0.25) is 0 Å². The SMILES string of the molecule is Cc1cccc(CNCC2(CCO)CC2)c1. The van der Waals surface area contributed by atoms with Gasteiger partial charge in [0.05, 0.1) is 0 Å². The molecule has 2 rings (SSSR count). The van der Waals surface area contributed by atoms with Crippen molar-refractivity contribution in [2.45, 2.75) is 32.7 Å². The monoisotopic (exact) mass is 219 g/mol. The molecule has 2 nitrogen and oxygen atoms in total. The molecule has 1 aromatic rings. The average molecular weight is 219 g/mol. The quantitative estimate of drug-likeness (QED) is 0.769. The summed E-state index contributed by atoms with van der Waals surface area (Å²) in [5, 5.41) is 12.5. The molecule has 2 heteroatoms. The van der Waals surface area contributed by atoms with Crippen LogP contribution in [0.1, 0.15) is 30.4 Å². The molecule has 2 N–H and O–H groups in total. The first-order valence-electron chi connectivity index (χ1n) is 6.11. The summed E-state index contributed by atoms with van der Waals surface area (Å²) >= 11 is 0. The van der Waals surface area contributed by atoms with E-state index in [1.165, 1.54) is 24.0 Å². The van der Waals surface area contributed by atoms with Crippen LogP contribution in [-0.4, -0.2) is 18.3 Å². The van der Waals surface area contributed by atoms with E-state index in [0.717, 1.165) is 19.5 Å². The second-order valence-corrected chi connectivity index (χ2v) is 5.07. The normalized spacial score (nSPS) is 17.4. The topological polar surface area (TPSA) is 32.3 Å². The molecule has 1 fully saturated rings. The zero-order valence-corrected chi connectivity index (χ0v) is 10.00. The van der Waals surface area contributed by atoms with Crippen LogP contribution in [0, 0.1) is 12.3 Å². The molecule has 0 heterocycles. The number of aliphatic hydroxyl groups is 1. The van der Waals surface area contributed by atoms with Crippen LogP contribution in [0.3, 0.4) is 0 Å². The van der Waals surface area contributed by atoms with Crippen LogP contribution in [0.15, 0.2) is 24.3 Å². The van der Waals surface area contributed by atoms with E-state index in [-0.39, 0.29) is 0 Å². The lowest BCUT2D eigenvalue weighted by Gasteiger charge is -2.14. The highest BCUT2D eigenvalue weighted by molar-refractivity contribution is 5.22. The number of nitrogens with one attached hydrogen (secondary N) is 1. The summed E-state index contributed by atoms with van der Waals surface area (Å²) in [7, 11) is 0. The Bertz CT molecular complexity index is 344. The van der Waals surface area contributed by atoms with Crippen molar-refractivity contribution in [3.63, 3.8) is 0 Å².